The van der Waals surface area contributed by atoms with Gasteiger partial charge in [-0.3, -0.25) is 9.97 Å². The molecular formula is C8H10N2. The van der Waals surface area contributed by atoms with Gasteiger partial charge in [0.05, 0.1) is 11.4 Å². The Morgan fingerprint density at radius 3 is 2.40 bits per heavy atom. The number of nitrogens with zero attached hydrogens (tertiary/aromatic N) is 2. The zero-order chi connectivity index (χ0) is 7.56. The summed E-state index contributed by atoms with van der Waals surface area (Å²) < 4.78 is 0. The molecule has 1 heterocycles. The van der Waals surface area contributed by atoms with Crippen LogP contribution in [0.5, 0.6) is 0 Å². The van der Waals surface area contributed by atoms with E-state index >= 15 is 0 Å². The van der Waals surface area contributed by atoms with E-state index in [1.165, 1.54) is 0 Å². The summed E-state index contributed by atoms with van der Waals surface area (Å²) in [6.07, 6.45) is 3.33. The van der Waals surface area contributed by atoms with Gasteiger partial charge in [-0.2, -0.15) is 0 Å². The first-order chi connectivity index (χ1) is 4.72. The predicted octanol–water partition coefficient (Wildman–Crippen LogP) is 1.60. The topological polar surface area (TPSA) is 25.8 Å². The summed E-state index contributed by atoms with van der Waals surface area (Å²) in [6.45, 7) is 9.42. The molecule has 2 heteroatoms. The molecule has 0 aliphatic rings. The van der Waals surface area contributed by atoms with Gasteiger partial charge in [-0.1, -0.05) is 6.92 Å². The number of hydrogen-bond acceptors (Lipinski definition) is 2. The van der Waals surface area contributed by atoms with E-state index in [2.05, 4.69) is 9.97 Å². The molecule has 0 aliphatic heterocycles. The Morgan fingerprint density at radius 1 is 1.40 bits per heavy atom. The molecule has 0 saturated carbocycles. The molecule has 2 radical (unpaired) electrons. The van der Waals surface area contributed by atoms with Crippen LogP contribution in [0, 0.1) is 13.8 Å². The SMILES string of the molecule is [CH]C(C)c1nccnc1C. The lowest BCUT2D eigenvalue weighted by molar-refractivity contribution is 0.862. The zero-order valence-electron chi connectivity index (χ0n) is 6.20. The van der Waals surface area contributed by atoms with E-state index in [0.29, 0.717) is 0 Å². The average molecular weight is 134 g/mol. The van der Waals surface area contributed by atoms with Crippen LogP contribution in [-0.4, -0.2) is 9.97 Å². The van der Waals surface area contributed by atoms with Crippen LogP contribution in [-0.2, 0) is 0 Å². The molecule has 0 aliphatic carbocycles. The Morgan fingerprint density at radius 2 is 2.00 bits per heavy atom. The summed E-state index contributed by atoms with van der Waals surface area (Å²) >= 11 is 0. The third-order valence-electron chi connectivity index (χ3n) is 1.35. The van der Waals surface area contributed by atoms with Crippen LogP contribution < -0.4 is 0 Å². The highest BCUT2D eigenvalue weighted by atomic mass is 14.8. The zero-order valence-corrected chi connectivity index (χ0v) is 6.20. The summed E-state index contributed by atoms with van der Waals surface area (Å²) in [5.41, 5.74) is 1.79. The summed E-state index contributed by atoms with van der Waals surface area (Å²) in [7, 11) is 0. The predicted molar refractivity (Wildman–Crippen MR) is 39.5 cm³/mol. The quantitative estimate of drug-likeness (QED) is 0.583. The second-order valence-corrected chi connectivity index (χ2v) is 2.32. The number of aromatic nitrogens is 2. The van der Waals surface area contributed by atoms with Gasteiger partial charge in [-0.15, -0.1) is 0 Å². The largest absolute Gasteiger partial charge is 0.258 e. The van der Waals surface area contributed by atoms with Crippen molar-refractivity contribution in [2.24, 2.45) is 0 Å². The molecule has 52 valence electrons. The van der Waals surface area contributed by atoms with Gasteiger partial charge in [0.1, 0.15) is 0 Å². The van der Waals surface area contributed by atoms with Crippen LogP contribution in [0.15, 0.2) is 12.4 Å². The molecule has 0 N–H and O–H groups in total. The number of rotatable bonds is 1. The lowest BCUT2D eigenvalue weighted by atomic mass is 10.1. The van der Waals surface area contributed by atoms with Crippen LogP contribution in [0.1, 0.15) is 24.2 Å². The monoisotopic (exact) mass is 134 g/mol. The van der Waals surface area contributed by atoms with Crippen LogP contribution in [0.3, 0.4) is 0 Å². The van der Waals surface area contributed by atoms with Crippen LogP contribution in [0.25, 0.3) is 0 Å². The number of hydrogen-bond donors (Lipinski definition) is 0. The van der Waals surface area contributed by atoms with Gasteiger partial charge in [0, 0.05) is 18.3 Å². The van der Waals surface area contributed by atoms with Crippen molar-refractivity contribution in [1.82, 2.24) is 9.97 Å². The van der Waals surface area contributed by atoms with Crippen molar-refractivity contribution >= 4 is 0 Å². The second kappa shape index (κ2) is 2.78. The minimum absolute atomic E-state index is 0.0197. The van der Waals surface area contributed by atoms with Gasteiger partial charge in [0.15, 0.2) is 0 Å². The molecule has 0 amide bonds. The Labute approximate surface area is 61.3 Å². The molecule has 1 unspecified atom stereocenters. The summed E-state index contributed by atoms with van der Waals surface area (Å²) in [4.78, 5) is 8.15. The first kappa shape index (κ1) is 7.19. The minimum atomic E-state index is -0.0197. The van der Waals surface area contributed by atoms with Gasteiger partial charge in [0.2, 0.25) is 0 Å². The maximum atomic E-state index is 5.61. The Balaban J connectivity index is 3.03. The fourth-order valence-corrected chi connectivity index (χ4v) is 0.865. The van der Waals surface area contributed by atoms with Crippen molar-refractivity contribution in [3.05, 3.63) is 30.7 Å². The fourth-order valence-electron chi connectivity index (χ4n) is 0.865. The lowest BCUT2D eigenvalue weighted by Crippen LogP contribution is -1.97. The van der Waals surface area contributed by atoms with Gasteiger partial charge in [0.25, 0.3) is 0 Å². The Kier molecular flexibility index (Phi) is 2.00. The van der Waals surface area contributed by atoms with Crippen molar-refractivity contribution in [3.8, 4) is 0 Å². The maximum absolute atomic E-state index is 5.61. The molecular weight excluding hydrogens is 124 g/mol. The first-order valence-electron chi connectivity index (χ1n) is 3.25. The molecule has 0 saturated heterocycles. The molecule has 0 spiro atoms. The highest BCUT2D eigenvalue weighted by molar-refractivity contribution is 5.13. The summed E-state index contributed by atoms with van der Waals surface area (Å²) in [5, 5.41) is 0. The average Bonchev–Trinajstić information content (AvgIpc) is 1.88. The first-order valence-corrected chi connectivity index (χ1v) is 3.25. The van der Waals surface area contributed by atoms with E-state index in [1.807, 2.05) is 13.8 Å². The molecule has 1 aromatic rings. The van der Waals surface area contributed by atoms with E-state index in [1.54, 1.807) is 12.4 Å². The summed E-state index contributed by atoms with van der Waals surface area (Å²) in [5.74, 6) is -0.0197. The van der Waals surface area contributed by atoms with Crippen LogP contribution in [0.2, 0.25) is 0 Å². The van der Waals surface area contributed by atoms with E-state index < -0.39 is 0 Å². The van der Waals surface area contributed by atoms with E-state index in [-0.39, 0.29) is 5.92 Å². The van der Waals surface area contributed by atoms with Gasteiger partial charge in [-0.05, 0) is 13.8 Å². The van der Waals surface area contributed by atoms with Gasteiger partial charge in [-0.25, -0.2) is 0 Å². The second-order valence-electron chi connectivity index (χ2n) is 2.32. The van der Waals surface area contributed by atoms with Crippen molar-refractivity contribution in [2.75, 3.05) is 0 Å². The molecule has 1 atom stereocenters. The highest BCUT2D eigenvalue weighted by Crippen LogP contribution is 2.11. The molecule has 10 heavy (non-hydrogen) atoms. The standard InChI is InChI=1S/C8H10N2/c1-6(2)8-7(3)9-4-5-10-8/h1,4-6H,2-3H3. The normalized spacial score (nSPS) is 10.4. The van der Waals surface area contributed by atoms with Crippen molar-refractivity contribution < 1.29 is 0 Å². The van der Waals surface area contributed by atoms with E-state index in [4.69, 9.17) is 6.92 Å². The Bertz CT molecular complexity index is 218. The number of aryl methyl sites for hydroxylation is 1. The fraction of sp³-hybridized carbons (Fsp3) is 0.375. The highest BCUT2D eigenvalue weighted by Gasteiger charge is 2.03. The third kappa shape index (κ3) is 1.32. The van der Waals surface area contributed by atoms with Gasteiger partial charge < -0.3 is 0 Å². The summed E-state index contributed by atoms with van der Waals surface area (Å²) in [6, 6.07) is 0. The van der Waals surface area contributed by atoms with E-state index in [9.17, 15) is 0 Å². The van der Waals surface area contributed by atoms with Gasteiger partial charge >= 0.3 is 0 Å². The van der Waals surface area contributed by atoms with Crippen molar-refractivity contribution in [2.45, 2.75) is 19.8 Å². The molecule has 0 aromatic carbocycles. The third-order valence-corrected chi connectivity index (χ3v) is 1.35. The smallest absolute Gasteiger partial charge is 0.0646 e. The van der Waals surface area contributed by atoms with Crippen LogP contribution in [0.4, 0.5) is 0 Å². The molecule has 1 aromatic heterocycles. The van der Waals surface area contributed by atoms with Crippen molar-refractivity contribution in [3.63, 3.8) is 0 Å². The molecule has 0 bridgehead atoms. The van der Waals surface area contributed by atoms with Crippen LogP contribution >= 0.6 is 0 Å². The lowest BCUT2D eigenvalue weighted by Gasteiger charge is -2.04. The van der Waals surface area contributed by atoms with Crippen molar-refractivity contribution in [1.29, 1.82) is 0 Å². The molecule has 0 fully saturated rings. The minimum Gasteiger partial charge on any atom is -0.258 e. The Hall–Kier alpha value is -0.920. The maximum Gasteiger partial charge on any atom is 0.0646 e. The molecule has 2 nitrogen and oxygen atoms in total. The van der Waals surface area contributed by atoms with E-state index in [0.717, 1.165) is 11.4 Å². The molecule has 1 rings (SSSR count).